The monoisotopic (exact) mass is 417 g/mol. The molecule has 1 atom stereocenters. The summed E-state index contributed by atoms with van der Waals surface area (Å²) < 4.78 is 11.2. The van der Waals surface area contributed by atoms with Crippen LogP contribution < -0.4 is 15.0 Å². The van der Waals surface area contributed by atoms with Crippen LogP contribution in [-0.4, -0.2) is 36.9 Å². The van der Waals surface area contributed by atoms with Crippen LogP contribution in [0, 0.1) is 6.92 Å². The van der Waals surface area contributed by atoms with Crippen molar-refractivity contribution in [3.05, 3.63) is 52.2 Å². The predicted octanol–water partition coefficient (Wildman–Crippen LogP) is 4.68. The van der Waals surface area contributed by atoms with Crippen molar-refractivity contribution < 1.29 is 14.3 Å². The average molecular weight is 418 g/mol. The fourth-order valence-corrected chi connectivity index (χ4v) is 3.44. The molecule has 0 bridgehead atoms. The van der Waals surface area contributed by atoms with E-state index in [-0.39, 0.29) is 12.0 Å². The lowest BCUT2D eigenvalue weighted by atomic mass is 10.1. The summed E-state index contributed by atoms with van der Waals surface area (Å²) in [6, 6.07) is 9.56. The number of carbonyl (C=O) groups is 1. The number of aryl methyl sites for hydroxylation is 1. The summed E-state index contributed by atoms with van der Waals surface area (Å²) in [5, 5.41) is 3.45. The van der Waals surface area contributed by atoms with Gasteiger partial charge in [-0.25, -0.2) is 9.78 Å². The molecule has 1 aromatic carbocycles. The number of nitrogens with one attached hydrogen (secondary N) is 1. The largest absolute Gasteiger partial charge is 0.412 e. The second-order valence-electron chi connectivity index (χ2n) is 7.65. The van der Waals surface area contributed by atoms with Crippen LogP contribution >= 0.6 is 11.6 Å². The van der Waals surface area contributed by atoms with Gasteiger partial charge in [0.1, 0.15) is 5.82 Å². The molecule has 0 saturated carbocycles. The standard InChI is InChI=1S/C22H28ClN3O3/c1-14(2)20-21(29-22(27)24-12-17-5-7-18(23)8-6-17)15(3)11-19(25-20)26-9-10-28-13-16(26)4/h5-8,11,14,16H,9-10,12-13H2,1-4H3,(H,24,27)/t16-/m1/s1. The minimum Gasteiger partial charge on any atom is -0.408 e. The van der Waals surface area contributed by atoms with Gasteiger partial charge in [-0.1, -0.05) is 37.6 Å². The van der Waals surface area contributed by atoms with E-state index in [2.05, 4.69) is 17.1 Å². The summed E-state index contributed by atoms with van der Waals surface area (Å²) in [6.07, 6.45) is -0.501. The van der Waals surface area contributed by atoms with Crippen molar-refractivity contribution in [1.82, 2.24) is 10.3 Å². The highest BCUT2D eigenvalue weighted by molar-refractivity contribution is 6.30. The number of aromatic nitrogens is 1. The summed E-state index contributed by atoms with van der Waals surface area (Å²) in [4.78, 5) is 19.5. The van der Waals surface area contributed by atoms with Gasteiger partial charge in [0.25, 0.3) is 0 Å². The molecule has 1 N–H and O–H groups in total. The zero-order valence-electron chi connectivity index (χ0n) is 17.4. The van der Waals surface area contributed by atoms with E-state index in [9.17, 15) is 4.79 Å². The molecule has 0 unspecified atom stereocenters. The number of halogens is 1. The number of rotatable bonds is 5. The van der Waals surface area contributed by atoms with Crippen LogP contribution in [0.25, 0.3) is 0 Å². The lowest BCUT2D eigenvalue weighted by molar-refractivity contribution is 0.0985. The Balaban J connectivity index is 1.75. The summed E-state index contributed by atoms with van der Waals surface area (Å²) in [5.74, 6) is 1.54. The van der Waals surface area contributed by atoms with E-state index < -0.39 is 6.09 Å². The molecule has 1 saturated heterocycles. The third kappa shape index (κ3) is 5.40. The number of nitrogens with zero attached hydrogens (tertiary/aromatic N) is 2. The van der Waals surface area contributed by atoms with E-state index in [1.807, 2.05) is 39.0 Å². The topological polar surface area (TPSA) is 63.7 Å². The predicted molar refractivity (Wildman–Crippen MR) is 115 cm³/mol. The summed E-state index contributed by atoms with van der Waals surface area (Å²) >= 11 is 5.89. The van der Waals surface area contributed by atoms with Crippen molar-refractivity contribution in [3.63, 3.8) is 0 Å². The average Bonchev–Trinajstić information content (AvgIpc) is 2.69. The molecule has 1 amide bonds. The summed E-state index contributed by atoms with van der Waals surface area (Å²) in [5.41, 5.74) is 2.61. The van der Waals surface area contributed by atoms with Crippen molar-refractivity contribution in [2.24, 2.45) is 0 Å². The van der Waals surface area contributed by atoms with Gasteiger partial charge in [0, 0.05) is 18.1 Å². The highest BCUT2D eigenvalue weighted by atomic mass is 35.5. The lowest BCUT2D eigenvalue weighted by Gasteiger charge is -2.35. The zero-order chi connectivity index (χ0) is 21.0. The maximum Gasteiger partial charge on any atom is 0.412 e. The Morgan fingerprint density at radius 1 is 1.38 bits per heavy atom. The van der Waals surface area contributed by atoms with E-state index in [0.29, 0.717) is 30.5 Å². The number of carbonyl (C=O) groups excluding carboxylic acids is 1. The molecule has 2 aromatic rings. The first-order valence-electron chi connectivity index (χ1n) is 9.91. The van der Waals surface area contributed by atoms with Crippen molar-refractivity contribution >= 4 is 23.5 Å². The number of benzene rings is 1. The first-order valence-corrected chi connectivity index (χ1v) is 10.3. The van der Waals surface area contributed by atoms with Crippen molar-refractivity contribution in [2.45, 2.75) is 46.2 Å². The molecule has 1 aliphatic heterocycles. The van der Waals surface area contributed by atoms with Crippen LogP contribution in [0.5, 0.6) is 5.75 Å². The van der Waals surface area contributed by atoms with Gasteiger partial charge >= 0.3 is 6.09 Å². The number of hydrogen-bond donors (Lipinski definition) is 1. The van der Waals surface area contributed by atoms with Crippen molar-refractivity contribution in [1.29, 1.82) is 0 Å². The van der Waals surface area contributed by atoms with Crippen LogP contribution in [0.4, 0.5) is 10.6 Å². The fraction of sp³-hybridized carbons (Fsp3) is 0.455. The second-order valence-corrected chi connectivity index (χ2v) is 8.09. The number of ether oxygens (including phenoxy) is 2. The minimum absolute atomic E-state index is 0.115. The van der Waals surface area contributed by atoms with Crippen molar-refractivity contribution in [2.75, 3.05) is 24.7 Å². The van der Waals surface area contributed by atoms with Gasteiger partial charge in [-0.05, 0) is 49.1 Å². The Morgan fingerprint density at radius 2 is 2.10 bits per heavy atom. The molecule has 1 aliphatic rings. The maximum absolute atomic E-state index is 12.4. The first kappa shape index (κ1) is 21.4. The molecule has 6 nitrogen and oxygen atoms in total. The number of hydrogen-bond acceptors (Lipinski definition) is 5. The smallest absolute Gasteiger partial charge is 0.408 e. The highest BCUT2D eigenvalue weighted by Crippen LogP contribution is 2.32. The van der Waals surface area contributed by atoms with Crippen LogP contribution in [-0.2, 0) is 11.3 Å². The number of morpholine rings is 1. The molecule has 0 spiro atoms. The number of pyridine rings is 1. The molecule has 3 rings (SSSR count). The fourth-order valence-electron chi connectivity index (χ4n) is 3.31. The molecular weight excluding hydrogens is 390 g/mol. The molecular formula is C22H28ClN3O3. The van der Waals surface area contributed by atoms with E-state index in [0.717, 1.165) is 29.2 Å². The van der Waals surface area contributed by atoms with Gasteiger partial charge in [-0.15, -0.1) is 0 Å². The second kappa shape index (κ2) is 9.46. The Kier molecular flexibility index (Phi) is 6.98. The van der Waals surface area contributed by atoms with E-state index in [1.165, 1.54) is 0 Å². The van der Waals surface area contributed by atoms with E-state index in [1.54, 1.807) is 12.1 Å². The highest BCUT2D eigenvalue weighted by Gasteiger charge is 2.24. The SMILES string of the molecule is Cc1cc(N2CCOC[C@H]2C)nc(C(C)C)c1OC(=O)NCc1ccc(Cl)cc1. The molecule has 0 aliphatic carbocycles. The van der Waals surface area contributed by atoms with Gasteiger partial charge in [0.2, 0.25) is 0 Å². The van der Waals surface area contributed by atoms with Crippen LogP contribution in [0.1, 0.15) is 43.5 Å². The molecule has 0 radical (unpaired) electrons. The molecule has 1 fully saturated rings. The normalized spacial score (nSPS) is 16.8. The van der Waals surface area contributed by atoms with Crippen LogP contribution in [0.2, 0.25) is 5.02 Å². The molecule has 2 heterocycles. The molecule has 1 aromatic heterocycles. The Bertz CT molecular complexity index is 855. The number of anilines is 1. The van der Waals surface area contributed by atoms with Gasteiger partial charge in [-0.3, -0.25) is 0 Å². The lowest BCUT2D eigenvalue weighted by Crippen LogP contribution is -2.44. The molecule has 156 valence electrons. The Hall–Kier alpha value is -2.31. The van der Waals surface area contributed by atoms with Gasteiger partial charge < -0.3 is 19.7 Å². The van der Waals surface area contributed by atoms with Crippen molar-refractivity contribution in [3.8, 4) is 5.75 Å². The Morgan fingerprint density at radius 3 is 2.76 bits per heavy atom. The van der Waals surface area contributed by atoms with E-state index in [4.69, 9.17) is 26.1 Å². The maximum atomic E-state index is 12.4. The van der Waals surface area contributed by atoms with Gasteiger partial charge in [0.05, 0.1) is 24.9 Å². The summed E-state index contributed by atoms with van der Waals surface area (Å²) in [7, 11) is 0. The molecule has 7 heteroatoms. The number of amides is 1. The van der Waals surface area contributed by atoms with Gasteiger partial charge in [-0.2, -0.15) is 0 Å². The van der Waals surface area contributed by atoms with Crippen LogP contribution in [0.3, 0.4) is 0 Å². The quantitative estimate of drug-likeness (QED) is 0.765. The third-order valence-corrected chi connectivity index (χ3v) is 5.18. The zero-order valence-corrected chi connectivity index (χ0v) is 18.1. The molecule has 29 heavy (non-hydrogen) atoms. The summed E-state index contributed by atoms with van der Waals surface area (Å²) in [6.45, 7) is 10.7. The van der Waals surface area contributed by atoms with E-state index >= 15 is 0 Å². The minimum atomic E-state index is -0.501. The third-order valence-electron chi connectivity index (χ3n) is 4.93. The Labute approximate surface area is 177 Å². The first-order chi connectivity index (χ1) is 13.8. The van der Waals surface area contributed by atoms with Gasteiger partial charge in [0.15, 0.2) is 5.75 Å². The van der Waals surface area contributed by atoms with Crippen LogP contribution in [0.15, 0.2) is 30.3 Å².